The van der Waals surface area contributed by atoms with Crippen LogP contribution in [0.15, 0.2) is 29.3 Å². The molecule has 2 N–H and O–H groups in total. The number of guanidine groups is 1. The van der Waals surface area contributed by atoms with Gasteiger partial charge in [0.15, 0.2) is 5.96 Å². The molecule has 1 atom stereocenters. The number of hydrogen-bond acceptors (Lipinski definition) is 3. The number of ether oxygens (including phenoxy) is 1. The maximum atomic E-state index is 12.7. The molecule has 0 bridgehead atoms. The van der Waals surface area contributed by atoms with E-state index in [2.05, 4.69) is 15.6 Å². The maximum absolute atomic E-state index is 12.7. The Balaban J connectivity index is 0.00000300. The molecule has 1 unspecified atom stereocenters. The summed E-state index contributed by atoms with van der Waals surface area (Å²) in [6.45, 7) is 2.76. The molecule has 1 aromatic rings. The van der Waals surface area contributed by atoms with Gasteiger partial charge in [0.05, 0.1) is 6.54 Å². The molecular weight excluding hydrogens is 503 g/mol. The van der Waals surface area contributed by atoms with Gasteiger partial charge in [0.2, 0.25) is 5.91 Å². The molecule has 1 aliphatic heterocycles. The molecule has 6 nitrogen and oxygen atoms in total. The minimum absolute atomic E-state index is 0. The van der Waals surface area contributed by atoms with Crippen molar-refractivity contribution < 1.29 is 9.53 Å². The largest absolute Gasteiger partial charge is 0.492 e. The van der Waals surface area contributed by atoms with Crippen LogP contribution in [0.25, 0.3) is 0 Å². The molecule has 1 saturated carbocycles. The highest BCUT2D eigenvalue weighted by Gasteiger charge is 2.31. The number of amides is 1. The summed E-state index contributed by atoms with van der Waals surface area (Å²) in [5.74, 6) is 2.14. The van der Waals surface area contributed by atoms with Crippen LogP contribution in [0.1, 0.15) is 38.5 Å². The number of carbonyl (C=O) groups excluding carboxylic acids is 1. The first-order valence-corrected chi connectivity index (χ1v) is 10.7. The first kappa shape index (κ1) is 24.1. The summed E-state index contributed by atoms with van der Waals surface area (Å²) in [5, 5.41) is 7.40. The Morgan fingerprint density at radius 2 is 1.93 bits per heavy atom. The van der Waals surface area contributed by atoms with Gasteiger partial charge in [-0.15, -0.1) is 24.0 Å². The van der Waals surface area contributed by atoms with Crippen molar-refractivity contribution in [3.8, 4) is 5.75 Å². The predicted octanol–water partition coefficient (Wildman–Crippen LogP) is 3.68. The Kier molecular flexibility index (Phi) is 10.3. The van der Waals surface area contributed by atoms with Crippen LogP contribution in [0.3, 0.4) is 0 Å². The summed E-state index contributed by atoms with van der Waals surface area (Å²) in [7, 11) is 1.76. The van der Waals surface area contributed by atoms with Crippen LogP contribution in [0, 0.1) is 5.92 Å². The topological polar surface area (TPSA) is 66.0 Å². The van der Waals surface area contributed by atoms with Gasteiger partial charge >= 0.3 is 0 Å². The second-order valence-electron chi connectivity index (χ2n) is 7.55. The lowest BCUT2D eigenvalue weighted by molar-refractivity contribution is -0.135. The van der Waals surface area contributed by atoms with Crippen molar-refractivity contribution in [3.63, 3.8) is 0 Å². The van der Waals surface area contributed by atoms with Gasteiger partial charge in [-0.3, -0.25) is 9.79 Å². The van der Waals surface area contributed by atoms with Gasteiger partial charge in [0.25, 0.3) is 0 Å². The Morgan fingerprint density at radius 3 is 2.62 bits per heavy atom. The van der Waals surface area contributed by atoms with Gasteiger partial charge in [-0.05, 0) is 43.5 Å². The van der Waals surface area contributed by atoms with Gasteiger partial charge in [0, 0.05) is 37.1 Å². The van der Waals surface area contributed by atoms with Crippen molar-refractivity contribution in [2.24, 2.45) is 10.9 Å². The molecule has 1 saturated heterocycles. The highest BCUT2D eigenvalue weighted by molar-refractivity contribution is 14.0. The quantitative estimate of drug-likeness (QED) is 0.253. The van der Waals surface area contributed by atoms with Crippen molar-refractivity contribution >= 4 is 47.4 Å². The minimum Gasteiger partial charge on any atom is -0.492 e. The molecule has 2 fully saturated rings. The van der Waals surface area contributed by atoms with Gasteiger partial charge in [0.1, 0.15) is 12.4 Å². The average molecular weight is 535 g/mol. The van der Waals surface area contributed by atoms with E-state index in [-0.39, 0.29) is 35.9 Å². The predicted molar refractivity (Wildman–Crippen MR) is 128 cm³/mol. The summed E-state index contributed by atoms with van der Waals surface area (Å²) in [6, 6.07) is 7.57. The SMILES string of the molecule is CN=C(NCCOc1ccc(Cl)cc1)NC1CCN(C(=O)C2CCCCC2)C1.I. The molecule has 3 rings (SSSR count). The van der Waals surface area contributed by atoms with Crippen LogP contribution >= 0.6 is 35.6 Å². The molecule has 2 aliphatic rings. The molecular formula is C21H32ClIN4O2. The summed E-state index contributed by atoms with van der Waals surface area (Å²) < 4.78 is 5.68. The Hall–Kier alpha value is -1.22. The van der Waals surface area contributed by atoms with E-state index in [1.165, 1.54) is 19.3 Å². The van der Waals surface area contributed by atoms with Crippen LogP contribution < -0.4 is 15.4 Å². The van der Waals surface area contributed by atoms with Crippen LogP contribution in [-0.2, 0) is 4.79 Å². The third-order valence-corrected chi connectivity index (χ3v) is 5.75. The van der Waals surface area contributed by atoms with Crippen LogP contribution in [0.2, 0.25) is 5.02 Å². The van der Waals surface area contributed by atoms with Gasteiger partial charge < -0.3 is 20.3 Å². The fourth-order valence-electron chi connectivity index (χ4n) is 3.94. The van der Waals surface area contributed by atoms with Gasteiger partial charge in [-0.25, -0.2) is 0 Å². The zero-order chi connectivity index (χ0) is 19.8. The Bertz CT molecular complexity index is 665. The Labute approximate surface area is 195 Å². The smallest absolute Gasteiger partial charge is 0.225 e. The summed E-state index contributed by atoms with van der Waals surface area (Å²) >= 11 is 5.87. The highest BCUT2D eigenvalue weighted by Crippen LogP contribution is 2.26. The second-order valence-corrected chi connectivity index (χ2v) is 7.99. The first-order chi connectivity index (χ1) is 13.7. The number of carbonyl (C=O) groups is 1. The van der Waals surface area contributed by atoms with Crippen LogP contribution in [0.5, 0.6) is 5.75 Å². The minimum atomic E-state index is 0. The van der Waals surface area contributed by atoms with E-state index in [1.54, 1.807) is 7.05 Å². The van der Waals surface area contributed by atoms with E-state index in [0.29, 0.717) is 24.1 Å². The van der Waals surface area contributed by atoms with Crippen molar-refractivity contribution in [1.29, 1.82) is 0 Å². The Morgan fingerprint density at radius 1 is 1.21 bits per heavy atom. The van der Waals surface area contributed by atoms with Crippen LogP contribution in [-0.4, -0.2) is 56.1 Å². The molecule has 29 heavy (non-hydrogen) atoms. The normalized spacial score (nSPS) is 20.1. The first-order valence-electron chi connectivity index (χ1n) is 10.3. The summed E-state index contributed by atoms with van der Waals surface area (Å²) in [6.07, 6.45) is 6.74. The molecule has 0 radical (unpaired) electrons. The van der Waals surface area contributed by atoms with E-state index in [1.807, 2.05) is 29.2 Å². The third kappa shape index (κ3) is 7.51. The lowest BCUT2D eigenvalue weighted by Crippen LogP contribution is -2.46. The van der Waals surface area contributed by atoms with E-state index in [0.717, 1.165) is 44.1 Å². The highest BCUT2D eigenvalue weighted by atomic mass is 127. The third-order valence-electron chi connectivity index (χ3n) is 5.50. The number of likely N-dealkylation sites (tertiary alicyclic amines) is 1. The standard InChI is InChI=1S/C21H31ClN4O2.HI/c1-23-21(24-12-14-28-19-9-7-17(22)8-10-19)25-18-11-13-26(15-18)20(27)16-5-3-2-4-6-16;/h7-10,16,18H,2-6,11-15H2,1H3,(H2,23,24,25);1H. The van der Waals surface area contributed by atoms with Crippen molar-refractivity contribution in [2.75, 3.05) is 33.3 Å². The number of nitrogens with zero attached hydrogens (tertiary/aromatic N) is 2. The van der Waals surface area contributed by atoms with E-state index in [9.17, 15) is 4.79 Å². The summed E-state index contributed by atoms with van der Waals surface area (Å²) in [4.78, 5) is 19.0. The number of aliphatic imine (C=N–C) groups is 1. The van der Waals surface area contributed by atoms with E-state index < -0.39 is 0 Å². The van der Waals surface area contributed by atoms with Gasteiger partial charge in [-0.1, -0.05) is 30.9 Å². The van der Waals surface area contributed by atoms with Crippen molar-refractivity contribution in [3.05, 3.63) is 29.3 Å². The monoisotopic (exact) mass is 534 g/mol. The average Bonchev–Trinajstić information content (AvgIpc) is 3.20. The fourth-order valence-corrected chi connectivity index (χ4v) is 4.07. The second kappa shape index (κ2) is 12.5. The molecule has 1 heterocycles. The zero-order valence-corrected chi connectivity index (χ0v) is 20.1. The van der Waals surface area contributed by atoms with Crippen molar-refractivity contribution in [2.45, 2.75) is 44.6 Å². The molecule has 0 spiro atoms. The molecule has 1 amide bonds. The number of hydrogen-bond donors (Lipinski definition) is 2. The lowest BCUT2D eigenvalue weighted by atomic mass is 9.88. The summed E-state index contributed by atoms with van der Waals surface area (Å²) in [5.41, 5.74) is 0. The maximum Gasteiger partial charge on any atom is 0.225 e. The number of halogens is 2. The number of benzene rings is 1. The molecule has 162 valence electrons. The van der Waals surface area contributed by atoms with E-state index in [4.69, 9.17) is 16.3 Å². The number of nitrogens with one attached hydrogen (secondary N) is 2. The zero-order valence-electron chi connectivity index (χ0n) is 17.0. The molecule has 1 aliphatic carbocycles. The number of rotatable bonds is 6. The van der Waals surface area contributed by atoms with Crippen molar-refractivity contribution in [1.82, 2.24) is 15.5 Å². The molecule has 8 heteroatoms. The van der Waals surface area contributed by atoms with Crippen LogP contribution in [0.4, 0.5) is 0 Å². The van der Waals surface area contributed by atoms with Gasteiger partial charge in [-0.2, -0.15) is 0 Å². The molecule has 1 aromatic carbocycles. The molecule has 0 aromatic heterocycles. The fraction of sp³-hybridized carbons (Fsp3) is 0.619. The lowest BCUT2D eigenvalue weighted by Gasteiger charge is -2.26. The van der Waals surface area contributed by atoms with E-state index >= 15 is 0 Å².